The molecule has 1 heterocycles. The van der Waals surface area contributed by atoms with E-state index in [0.29, 0.717) is 31.9 Å². The van der Waals surface area contributed by atoms with Crippen LogP contribution in [0.4, 0.5) is 4.79 Å². The SMILES string of the molecule is C=CCO[C@@]12Oc3ccc(OC(=O)NCCCCCCCCCCCC)cc3[C@H]3[C@H](CCCCO)[C@@H](CCCCO)C=C(C(=NOCc4ccccc4)C[C@@H]1SCCCCCCCCCCCCCCCC)[C@H]32. The van der Waals surface area contributed by atoms with Gasteiger partial charge in [-0.15, -0.1) is 6.58 Å². The number of amides is 1. The number of hydrogen-bond donors (Lipinski definition) is 3. The average molecular weight is 1030 g/mol. The van der Waals surface area contributed by atoms with Crippen molar-refractivity contribution in [3.63, 3.8) is 0 Å². The van der Waals surface area contributed by atoms with E-state index in [2.05, 4.69) is 44.0 Å². The molecule has 3 N–H and O–H groups in total. The predicted octanol–water partition coefficient (Wildman–Crippen LogP) is 16.7. The van der Waals surface area contributed by atoms with Crippen LogP contribution in [0.3, 0.4) is 0 Å². The summed E-state index contributed by atoms with van der Waals surface area (Å²) in [5.74, 6) is 1.21. The molecule has 0 bridgehead atoms. The van der Waals surface area contributed by atoms with Gasteiger partial charge in [-0.05, 0) is 85.4 Å². The highest BCUT2D eigenvalue weighted by Crippen LogP contribution is 2.62. The Kier molecular flexibility index (Phi) is 30.4. The molecule has 0 aromatic heterocycles. The zero-order valence-electron chi connectivity index (χ0n) is 45.8. The van der Waals surface area contributed by atoms with Gasteiger partial charge in [0.15, 0.2) is 0 Å². The molecule has 1 amide bonds. The first-order valence-electron chi connectivity index (χ1n) is 29.8. The van der Waals surface area contributed by atoms with Crippen LogP contribution in [0.25, 0.3) is 0 Å². The number of carbonyl (C=O) groups is 1. The normalized spacial score (nSPS) is 21.5. The molecule has 9 nitrogen and oxygen atoms in total. The first kappa shape index (κ1) is 60.6. The van der Waals surface area contributed by atoms with Crippen LogP contribution in [0, 0.1) is 17.8 Å². The number of oxime groups is 1. The molecule has 73 heavy (non-hydrogen) atoms. The number of nitrogens with one attached hydrogen (secondary N) is 1. The molecular weight excluding hydrogens is 929 g/mol. The van der Waals surface area contributed by atoms with Gasteiger partial charge < -0.3 is 34.6 Å². The molecule has 0 radical (unpaired) electrons. The van der Waals surface area contributed by atoms with Gasteiger partial charge >= 0.3 is 6.09 Å². The Morgan fingerprint density at radius 1 is 0.753 bits per heavy atom. The molecule has 0 saturated heterocycles. The number of aliphatic hydroxyl groups is 2. The Morgan fingerprint density at radius 3 is 1.95 bits per heavy atom. The summed E-state index contributed by atoms with van der Waals surface area (Å²) in [6.45, 7) is 10.2. The maximum atomic E-state index is 13.4. The number of nitrogens with zero attached hydrogens (tertiary/aromatic N) is 1. The van der Waals surface area contributed by atoms with Crippen LogP contribution in [-0.4, -0.2) is 65.2 Å². The van der Waals surface area contributed by atoms with E-state index in [-0.39, 0.29) is 42.1 Å². The van der Waals surface area contributed by atoms with Crippen molar-refractivity contribution in [2.75, 3.05) is 32.1 Å². The van der Waals surface area contributed by atoms with Crippen molar-refractivity contribution in [1.82, 2.24) is 5.32 Å². The number of thioether (sulfide) groups is 1. The van der Waals surface area contributed by atoms with E-state index < -0.39 is 11.9 Å². The molecule has 2 aromatic rings. The Bertz CT molecular complexity index is 1860. The fourth-order valence-electron chi connectivity index (χ4n) is 11.8. The minimum Gasteiger partial charge on any atom is -0.460 e. The third kappa shape index (κ3) is 20.6. The van der Waals surface area contributed by atoms with Gasteiger partial charge in [0.25, 0.3) is 0 Å². The molecule has 5 rings (SSSR count). The lowest BCUT2D eigenvalue weighted by atomic mass is 9.56. The van der Waals surface area contributed by atoms with Crippen molar-refractivity contribution in [2.45, 2.75) is 236 Å². The quantitative estimate of drug-likeness (QED) is 0.0342. The number of aliphatic hydroxyl groups excluding tert-OH is 2. The molecule has 0 spiro atoms. The predicted molar refractivity (Wildman–Crippen MR) is 305 cm³/mol. The second-order valence-electron chi connectivity index (χ2n) is 21.5. The first-order valence-corrected chi connectivity index (χ1v) is 30.9. The van der Waals surface area contributed by atoms with Crippen molar-refractivity contribution in [2.24, 2.45) is 22.9 Å². The molecule has 1 aliphatic heterocycles. The summed E-state index contributed by atoms with van der Waals surface area (Å²) in [5, 5.41) is 28.0. The van der Waals surface area contributed by atoms with Crippen molar-refractivity contribution in [3.05, 3.63) is 84.0 Å². The number of rotatable bonds is 42. The molecule has 1 fully saturated rings. The number of fused-ring (bicyclic) bond motifs is 2. The molecular formula is C63H100N2O7S. The summed E-state index contributed by atoms with van der Waals surface area (Å²) in [7, 11) is 0. The molecule has 10 heteroatoms. The number of benzene rings is 2. The minimum atomic E-state index is -1.03. The highest BCUT2D eigenvalue weighted by atomic mass is 32.2. The van der Waals surface area contributed by atoms with Crippen molar-refractivity contribution in [3.8, 4) is 11.5 Å². The molecule has 1 saturated carbocycles. The molecule has 3 aliphatic rings. The van der Waals surface area contributed by atoms with Gasteiger partial charge in [-0.2, -0.15) is 11.8 Å². The molecule has 0 unspecified atom stereocenters. The highest BCUT2D eigenvalue weighted by Gasteiger charge is 2.64. The van der Waals surface area contributed by atoms with E-state index in [1.165, 1.54) is 135 Å². The summed E-state index contributed by atoms with van der Waals surface area (Å²) in [6, 6.07) is 16.1. The van der Waals surface area contributed by atoms with Crippen molar-refractivity contribution in [1.29, 1.82) is 0 Å². The van der Waals surface area contributed by atoms with Crippen LogP contribution in [-0.2, 0) is 16.2 Å². The van der Waals surface area contributed by atoms with E-state index >= 15 is 0 Å². The summed E-state index contributed by atoms with van der Waals surface area (Å²) in [5.41, 5.74) is 4.12. The smallest absolute Gasteiger partial charge is 0.412 e. The number of unbranched alkanes of at least 4 members (excludes halogenated alkanes) is 24. The lowest BCUT2D eigenvalue weighted by Crippen LogP contribution is -2.64. The van der Waals surface area contributed by atoms with E-state index in [9.17, 15) is 15.0 Å². The zero-order chi connectivity index (χ0) is 51.6. The fraction of sp³-hybridized carbons (Fsp3) is 0.714. The van der Waals surface area contributed by atoms with Crippen LogP contribution in [0.2, 0.25) is 0 Å². The van der Waals surface area contributed by atoms with Crippen LogP contribution >= 0.6 is 11.8 Å². The van der Waals surface area contributed by atoms with E-state index in [0.717, 1.165) is 91.7 Å². The van der Waals surface area contributed by atoms with Gasteiger partial charge in [0.1, 0.15) is 18.1 Å². The maximum Gasteiger partial charge on any atom is 0.412 e. The van der Waals surface area contributed by atoms with Crippen molar-refractivity contribution < 1.29 is 34.1 Å². The van der Waals surface area contributed by atoms with Gasteiger partial charge in [-0.25, -0.2) is 4.79 Å². The van der Waals surface area contributed by atoms with Crippen LogP contribution in [0.5, 0.6) is 11.5 Å². The van der Waals surface area contributed by atoms with Gasteiger partial charge in [-0.3, -0.25) is 0 Å². The Morgan fingerprint density at radius 2 is 1.34 bits per heavy atom. The van der Waals surface area contributed by atoms with Gasteiger partial charge in [-0.1, -0.05) is 216 Å². The lowest BCUT2D eigenvalue weighted by Gasteiger charge is -2.58. The maximum absolute atomic E-state index is 13.4. The zero-order valence-corrected chi connectivity index (χ0v) is 46.6. The first-order chi connectivity index (χ1) is 36.0. The summed E-state index contributed by atoms with van der Waals surface area (Å²) in [6.07, 6.45) is 40.5. The number of ether oxygens (including phenoxy) is 3. The van der Waals surface area contributed by atoms with Crippen LogP contribution < -0.4 is 14.8 Å². The summed E-state index contributed by atoms with van der Waals surface area (Å²) in [4.78, 5) is 19.7. The standard InChI is InChI=1S/C63H100N2O7S/c1-4-7-9-11-13-15-17-18-19-20-22-24-26-35-46-73-59-49-57(65-70-50-51-36-28-27-29-37-51)55-47-52(38-30-33-43-66)54(39-31-34-44-67)60-56-48-53(40-41-58(56)72-63(59,61(55)60)69-45-6-3)71-62(68)64-42-32-25-23-21-16-14-12-10-8-5-2/h6,27-29,36-37,40-41,47-48,52,54,59-61,66-67H,3-5,7-26,30-35,38-39,42-46,49-50H2,1-2H3,(H,64,68)/t52-,54+,59-,60+,61+,63+/m0/s1. The minimum absolute atomic E-state index is 0.0755. The largest absolute Gasteiger partial charge is 0.460 e. The van der Waals surface area contributed by atoms with E-state index in [1.807, 2.05) is 54.2 Å². The van der Waals surface area contributed by atoms with Gasteiger partial charge in [0, 0.05) is 37.7 Å². The highest BCUT2D eigenvalue weighted by molar-refractivity contribution is 8.00. The third-order valence-corrected chi connectivity index (χ3v) is 17.1. The fourth-order valence-corrected chi connectivity index (χ4v) is 13.2. The van der Waals surface area contributed by atoms with E-state index in [4.69, 9.17) is 24.2 Å². The lowest BCUT2D eigenvalue weighted by molar-refractivity contribution is -0.223. The number of allylic oxidation sites excluding steroid dienone is 1. The molecule has 410 valence electrons. The number of carbonyl (C=O) groups excluding carboxylic acids is 1. The van der Waals surface area contributed by atoms with Gasteiger partial charge in [0.05, 0.1) is 23.5 Å². The topological polar surface area (TPSA) is 119 Å². The number of hydrogen-bond acceptors (Lipinski definition) is 9. The third-order valence-electron chi connectivity index (χ3n) is 15.7. The molecule has 2 aromatic carbocycles. The average Bonchev–Trinajstić information content (AvgIpc) is 3.40. The monoisotopic (exact) mass is 1030 g/mol. The second-order valence-corrected chi connectivity index (χ2v) is 22.8. The Balaban J connectivity index is 1.37. The van der Waals surface area contributed by atoms with Crippen LogP contribution in [0.15, 0.2) is 78.0 Å². The summed E-state index contributed by atoms with van der Waals surface area (Å²) >= 11 is 1.95. The Labute approximate surface area is 447 Å². The van der Waals surface area contributed by atoms with E-state index in [1.54, 1.807) is 0 Å². The van der Waals surface area contributed by atoms with Gasteiger partial charge in [0.2, 0.25) is 5.79 Å². The Hall–Kier alpha value is -3.31. The second kappa shape index (κ2) is 36.6. The molecule has 2 aliphatic carbocycles. The molecule has 6 atom stereocenters. The summed E-state index contributed by atoms with van der Waals surface area (Å²) < 4.78 is 20.7. The van der Waals surface area contributed by atoms with Crippen LogP contribution in [0.1, 0.15) is 230 Å². The van der Waals surface area contributed by atoms with Crippen molar-refractivity contribution >= 4 is 23.6 Å².